The molecule has 0 radical (unpaired) electrons. The molecular weight excluding hydrogens is 351 g/mol. The normalized spacial score (nSPS) is 12.8. The van der Waals surface area contributed by atoms with E-state index in [1.807, 2.05) is 30.3 Å². The Morgan fingerprint density at radius 3 is 2.52 bits per heavy atom. The molecule has 0 atom stereocenters. The quantitative estimate of drug-likeness (QED) is 0.550. The van der Waals surface area contributed by atoms with E-state index in [-0.39, 0.29) is 16.4 Å². The molecule has 3 rings (SSSR count). The lowest BCUT2D eigenvalue weighted by atomic mass is 10.2. The number of aromatic nitrogens is 1. The summed E-state index contributed by atoms with van der Waals surface area (Å²) in [5.41, 5.74) is 0.182. The highest BCUT2D eigenvalue weighted by molar-refractivity contribution is 7.07. The molecule has 0 spiro atoms. The van der Waals surface area contributed by atoms with Crippen LogP contribution in [0.15, 0.2) is 70.2 Å². The smallest absolute Gasteiger partial charge is 0.416 e. The largest absolute Gasteiger partial charge is 0.494 e. The van der Waals surface area contributed by atoms with Gasteiger partial charge in [-0.1, -0.05) is 47.7 Å². The summed E-state index contributed by atoms with van der Waals surface area (Å²) in [6.07, 6.45) is -2.95. The summed E-state index contributed by atoms with van der Waals surface area (Å²) < 4.78 is 39.9. The molecule has 0 unspecified atom stereocenters. The van der Waals surface area contributed by atoms with E-state index in [0.717, 1.165) is 29.0 Å². The van der Waals surface area contributed by atoms with Crippen molar-refractivity contribution < 1.29 is 18.3 Å². The van der Waals surface area contributed by atoms with Crippen molar-refractivity contribution in [1.29, 1.82) is 0 Å². The van der Waals surface area contributed by atoms with Gasteiger partial charge in [0.15, 0.2) is 0 Å². The summed E-state index contributed by atoms with van der Waals surface area (Å²) in [6, 6.07) is 13.9. The Kier molecular flexibility index (Phi) is 4.71. The highest BCUT2D eigenvalue weighted by Gasteiger charge is 2.30. The average Bonchev–Trinajstić information content (AvgIpc) is 2.96. The number of thiazole rings is 1. The number of alkyl halides is 3. The standard InChI is InChI=1S/C17H12F3N3OS/c18-17(19,20)13-7-4-8-14(9-13)23-15(24)11-25-16(23)22-21-10-12-5-2-1-3-6-12/h1-11,24H. The van der Waals surface area contributed by atoms with Gasteiger partial charge in [-0.2, -0.15) is 18.3 Å². The molecule has 1 N–H and O–H groups in total. The maximum atomic E-state index is 12.9. The molecule has 2 aromatic carbocycles. The molecule has 0 saturated carbocycles. The Morgan fingerprint density at radius 1 is 1.04 bits per heavy atom. The fraction of sp³-hybridized carbons (Fsp3) is 0.0588. The molecule has 0 bridgehead atoms. The first-order valence-electron chi connectivity index (χ1n) is 7.14. The van der Waals surface area contributed by atoms with E-state index < -0.39 is 11.7 Å². The molecule has 0 fully saturated rings. The van der Waals surface area contributed by atoms with Crippen LogP contribution in [0.1, 0.15) is 11.1 Å². The Morgan fingerprint density at radius 2 is 1.80 bits per heavy atom. The molecule has 25 heavy (non-hydrogen) atoms. The minimum absolute atomic E-state index is 0.155. The van der Waals surface area contributed by atoms with Crippen molar-refractivity contribution in [2.24, 2.45) is 10.2 Å². The molecular formula is C17H12F3N3OS. The summed E-state index contributed by atoms with van der Waals surface area (Å²) in [4.78, 5) is 0.254. The number of aromatic hydroxyl groups is 1. The van der Waals surface area contributed by atoms with Gasteiger partial charge in [0, 0.05) is 0 Å². The highest BCUT2D eigenvalue weighted by atomic mass is 32.1. The van der Waals surface area contributed by atoms with Crippen LogP contribution in [-0.4, -0.2) is 15.9 Å². The Bertz CT molecular complexity index is 959. The van der Waals surface area contributed by atoms with E-state index in [1.54, 1.807) is 0 Å². The second kappa shape index (κ2) is 6.94. The topological polar surface area (TPSA) is 49.9 Å². The molecule has 0 aliphatic heterocycles. The van der Waals surface area contributed by atoms with Crippen molar-refractivity contribution in [2.45, 2.75) is 6.18 Å². The second-order valence-electron chi connectivity index (χ2n) is 5.02. The Hall–Kier alpha value is -2.87. The SMILES string of the molecule is Oc1csc(=NN=Cc2ccccc2)n1-c1cccc(C(F)(F)F)c1. The zero-order valence-electron chi connectivity index (χ0n) is 12.7. The first-order chi connectivity index (χ1) is 11.9. The maximum absolute atomic E-state index is 12.9. The van der Waals surface area contributed by atoms with Crippen LogP contribution in [0.25, 0.3) is 5.69 Å². The van der Waals surface area contributed by atoms with E-state index in [9.17, 15) is 18.3 Å². The van der Waals surface area contributed by atoms with Crippen LogP contribution < -0.4 is 4.80 Å². The van der Waals surface area contributed by atoms with Crippen LogP contribution in [0.3, 0.4) is 0 Å². The van der Waals surface area contributed by atoms with Crippen molar-refractivity contribution in [3.8, 4) is 11.6 Å². The third-order valence-corrected chi connectivity index (χ3v) is 4.08. The molecule has 4 nitrogen and oxygen atoms in total. The molecule has 1 aromatic heterocycles. The highest BCUT2D eigenvalue weighted by Crippen LogP contribution is 2.30. The number of rotatable bonds is 3. The lowest BCUT2D eigenvalue weighted by Crippen LogP contribution is -2.13. The van der Waals surface area contributed by atoms with Gasteiger partial charge >= 0.3 is 6.18 Å². The van der Waals surface area contributed by atoms with Gasteiger partial charge in [0.2, 0.25) is 10.7 Å². The zero-order valence-corrected chi connectivity index (χ0v) is 13.5. The maximum Gasteiger partial charge on any atom is 0.416 e. The van der Waals surface area contributed by atoms with E-state index in [0.29, 0.717) is 0 Å². The molecule has 0 amide bonds. The first-order valence-corrected chi connectivity index (χ1v) is 8.02. The van der Waals surface area contributed by atoms with Gasteiger partial charge in [-0.15, -0.1) is 5.10 Å². The molecule has 0 aliphatic rings. The van der Waals surface area contributed by atoms with E-state index >= 15 is 0 Å². The van der Waals surface area contributed by atoms with Crippen molar-refractivity contribution in [3.05, 3.63) is 75.9 Å². The van der Waals surface area contributed by atoms with E-state index in [2.05, 4.69) is 10.2 Å². The van der Waals surface area contributed by atoms with Gasteiger partial charge in [0.25, 0.3) is 0 Å². The van der Waals surface area contributed by atoms with Crippen molar-refractivity contribution in [2.75, 3.05) is 0 Å². The van der Waals surface area contributed by atoms with Crippen molar-refractivity contribution in [3.63, 3.8) is 0 Å². The molecule has 3 aromatic rings. The van der Waals surface area contributed by atoms with E-state index in [1.165, 1.54) is 28.3 Å². The molecule has 1 heterocycles. The van der Waals surface area contributed by atoms with Crippen LogP contribution >= 0.6 is 11.3 Å². The van der Waals surface area contributed by atoms with Crippen molar-refractivity contribution >= 4 is 17.6 Å². The number of benzene rings is 2. The average molecular weight is 363 g/mol. The summed E-state index contributed by atoms with van der Waals surface area (Å²) in [7, 11) is 0. The lowest BCUT2D eigenvalue weighted by Gasteiger charge is -2.09. The molecule has 0 aliphatic carbocycles. The lowest BCUT2D eigenvalue weighted by molar-refractivity contribution is -0.137. The Balaban J connectivity index is 2.00. The number of halogens is 3. The minimum atomic E-state index is -4.47. The first kappa shape index (κ1) is 17.0. The third-order valence-electron chi connectivity index (χ3n) is 3.27. The fourth-order valence-electron chi connectivity index (χ4n) is 2.13. The van der Waals surface area contributed by atoms with Crippen LogP contribution in [0.5, 0.6) is 5.88 Å². The van der Waals surface area contributed by atoms with Gasteiger partial charge in [-0.05, 0) is 23.8 Å². The number of hydrogen-bond acceptors (Lipinski definition) is 4. The van der Waals surface area contributed by atoms with Crippen LogP contribution in [0.4, 0.5) is 13.2 Å². The fourth-order valence-corrected chi connectivity index (χ4v) is 2.84. The zero-order chi connectivity index (χ0) is 17.9. The van der Waals surface area contributed by atoms with Gasteiger partial charge in [0.05, 0.1) is 22.8 Å². The summed E-state index contributed by atoms with van der Waals surface area (Å²) >= 11 is 1.07. The second-order valence-corrected chi connectivity index (χ2v) is 5.85. The van der Waals surface area contributed by atoms with Crippen LogP contribution in [0.2, 0.25) is 0 Å². The van der Waals surface area contributed by atoms with Gasteiger partial charge in [-0.3, -0.25) is 4.57 Å². The minimum Gasteiger partial charge on any atom is -0.494 e. The molecule has 128 valence electrons. The summed E-state index contributed by atoms with van der Waals surface area (Å²) in [6.45, 7) is 0. The Labute approximate surface area is 144 Å². The van der Waals surface area contributed by atoms with Gasteiger partial charge < -0.3 is 5.11 Å². The van der Waals surface area contributed by atoms with E-state index in [4.69, 9.17) is 0 Å². The summed E-state index contributed by atoms with van der Waals surface area (Å²) in [5.74, 6) is -0.210. The molecule has 8 heteroatoms. The van der Waals surface area contributed by atoms with Gasteiger partial charge in [0.1, 0.15) is 0 Å². The van der Waals surface area contributed by atoms with Crippen LogP contribution in [-0.2, 0) is 6.18 Å². The summed E-state index contributed by atoms with van der Waals surface area (Å²) in [5, 5.41) is 19.3. The predicted molar refractivity (Wildman–Crippen MR) is 89.9 cm³/mol. The van der Waals surface area contributed by atoms with Crippen LogP contribution in [0, 0.1) is 0 Å². The molecule has 0 saturated heterocycles. The number of nitrogens with zero attached hydrogens (tertiary/aromatic N) is 3. The monoisotopic (exact) mass is 363 g/mol. The third kappa shape index (κ3) is 3.97. The predicted octanol–water partition coefficient (Wildman–Crippen LogP) is 4.20. The van der Waals surface area contributed by atoms with Gasteiger partial charge in [-0.25, -0.2) is 0 Å². The van der Waals surface area contributed by atoms with Crippen molar-refractivity contribution in [1.82, 2.24) is 4.57 Å². The number of hydrogen-bond donors (Lipinski definition) is 1.